The molecule has 0 aliphatic rings. The number of pyridine rings is 1. The largest absolute Gasteiger partial charge is 0.276 e. The summed E-state index contributed by atoms with van der Waals surface area (Å²) in [6, 6.07) is 6.18. The van der Waals surface area contributed by atoms with Crippen molar-refractivity contribution >= 4 is 21.6 Å². The average Bonchev–Trinajstić information content (AvgIpc) is 3.03. The van der Waals surface area contributed by atoms with Crippen molar-refractivity contribution in [3.8, 4) is 0 Å². The number of fused-ring (bicyclic) bond motifs is 1. The molecule has 3 aromatic rings. The number of aryl methyl sites for hydroxylation is 1. The van der Waals surface area contributed by atoms with Crippen LogP contribution in [0.2, 0.25) is 0 Å². The van der Waals surface area contributed by atoms with Gasteiger partial charge in [-0.05, 0) is 29.1 Å². The molecule has 0 fully saturated rings. The molecule has 98 valence electrons. The molecule has 0 radical (unpaired) electrons. The van der Waals surface area contributed by atoms with E-state index in [0.717, 1.165) is 23.2 Å². The van der Waals surface area contributed by atoms with Crippen LogP contribution in [0.4, 0.5) is 0 Å². The summed E-state index contributed by atoms with van der Waals surface area (Å²) in [6.07, 6.45) is 4.56. The van der Waals surface area contributed by atoms with Crippen LogP contribution >= 0.6 is 11.3 Å². The first-order valence-corrected chi connectivity index (χ1v) is 6.92. The van der Waals surface area contributed by atoms with Gasteiger partial charge in [-0.25, -0.2) is 0 Å². The second-order valence-electron chi connectivity index (χ2n) is 4.48. The summed E-state index contributed by atoms with van der Waals surface area (Å²) in [5, 5.41) is 6.43. The van der Waals surface area contributed by atoms with Crippen LogP contribution in [0.15, 0.2) is 36.0 Å². The van der Waals surface area contributed by atoms with Crippen molar-refractivity contribution in [1.82, 2.24) is 20.2 Å². The summed E-state index contributed by atoms with van der Waals surface area (Å²) in [4.78, 5) is 4.45. The lowest BCUT2D eigenvalue weighted by Gasteiger charge is -2.14. The average molecular weight is 273 g/mol. The van der Waals surface area contributed by atoms with E-state index in [9.17, 15) is 0 Å². The van der Waals surface area contributed by atoms with E-state index in [4.69, 9.17) is 5.84 Å². The van der Waals surface area contributed by atoms with Gasteiger partial charge in [-0.15, -0.1) is 11.3 Å². The van der Waals surface area contributed by atoms with E-state index in [0.29, 0.717) is 0 Å². The number of thiophene rings is 1. The van der Waals surface area contributed by atoms with Crippen molar-refractivity contribution in [1.29, 1.82) is 0 Å². The molecule has 0 aromatic carbocycles. The molecule has 0 aliphatic heterocycles. The number of nitrogens with two attached hydrogens (primary N) is 1. The molecule has 0 spiro atoms. The molecule has 6 heteroatoms. The van der Waals surface area contributed by atoms with Gasteiger partial charge in [0.2, 0.25) is 0 Å². The molecule has 3 aromatic heterocycles. The summed E-state index contributed by atoms with van der Waals surface area (Å²) in [5.41, 5.74) is 5.98. The molecule has 1 unspecified atom stereocenters. The third-order valence-corrected chi connectivity index (χ3v) is 3.96. The van der Waals surface area contributed by atoms with E-state index >= 15 is 0 Å². The molecule has 0 saturated carbocycles. The fraction of sp³-hybridized carbons (Fsp3) is 0.231. The third kappa shape index (κ3) is 2.51. The number of hydrogen-bond donors (Lipinski definition) is 2. The SMILES string of the molecule is Cn1ccc(CC(NN)c2cnc3ccsc3c2)n1. The summed E-state index contributed by atoms with van der Waals surface area (Å²) in [6.45, 7) is 0. The van der Waals surface area contributed by atoms with Crippen molar-refractivity contribution < 1.29 is 0 Å². The zero-order valence-electron chi connectivity index (χ0n) is 10.6. The zero-order chi connectivity index (χ0) is 13.2. The van der Waals surface area contributed by atoms with Crippen LogP contribution in [0.1, 0.15) is 17.3 Å². The highest BCUT2D eigenvalue weighted by atomic mass is 32.1. The fourth-order valence-electron chi connectivity index (χ4n) is 2.11. The maximum Gasteiger partial charge on any atom is 0.0809 e. The van der Waals surface area contributed by atoms with Crippen LogP contribution in [0.25, 0.3) is 10.2 Å². The lowest BCUT2D eigenvalue weighted by molar-refractivity contribution is 0.540. The normalized spacial score (nSPS) is 12.9. The van der Waals surface area contributed by atoms with Gasteiger partial charge in [0, 0.05) is 25.9 Å². The molecular formula is C13H15N5S. The minimum Gasteiger partial charge on any atom is -0.276 e. The van der Waals surface area contributed by atoms with Crippen molar-refractivity contribution in [2.45, 2.75) is 12.5 Å². The smallest absolute Gasteiger partial charge is 0.0809 e. The van der Waals surface area contributed by atoms with Gasteiger partial charge in [-0.1, -0.05) is 0 Å². The molecule has 3 rings (SSSR count). The van der Waals surface area contributed by atoms with E-state index < -0.39 is 0 Å². The predicted octanol–water partition coefficient (Wildman–Crippen LogP) is 1.78. The van der Waals surface area contributed by atoms with Crippen molar-refractivity contribution in [2.24, 2.45) is 12.9 Å². The summed E-state index contributed by atoms with van der Waals surface area (Å²) in [5.74, 6) is 5.67. The minimum atomic E-state index is 0.0221. The highest BCUT2D eigenvalue weighted by molar-refractivity contribution is 7.17. The summed E-state index contributed by atoms with van der Waals surface area (Å²) in [7, 11) is 1.91. The van der Waals surface area contributed by atoms with E-state index in [1.165, 1.54) is 4.70 Å². The Morgan fingerprint density at radius 2 is 2.37 bits per heavy atom. The topological polar surface area (TPSA) is 68.8 Å². The number of hydrazine groups is 1. The van der Waals surface area contributed by atoms with Crippen LogP contribution in [-0.4, -0.2) is 14.8 Å². The first kappa shape index (κ1) is 12.3. The Morgan fingerprint density at radius 1 is 1.47 bits per heavy atom. The van der Waals surface area contributed by atoms with E-state index in [-0.39, 0.29) is 6.04 Å². The summed E-state index contributed by atoms with van der Waals surface area (Å²) < 4.78 is 2.97. The van der Waals surface area contributed by atoms with Gasteiger partial charge in [0.25, 0.3) is 0 Å². The van der Waals surface area contributed by atoms with Crippen LogP contribution in [-0.2, 0) is 13.5 Å². The molecule has 0 saturated heterocycles. The van der Waals surface area contributed by atoms with Crippen molar-refractivity contribution in [3.05, 3.63) is 47.2 Å². The first-order valence-electron chi connectivity index (χ1n) is 6.04. The van der Waals surface area contributed by atoms with Crippen LogP contribution in [0.5, 0.6) is 0 Å². The Labute approximate surface area is 115 Å². The first-order chi connectivity index (χ1) is 9.26. The highest BCUT2D eigenvalue weighted by Crippen LogP contribution is 2.24. The molecule has 0 amide bonds. The van der Waals surface area contributed by atoms with Gasteiger partial charge in [0.1, 0.15) is 0 Å². The molecule has 5 nitrogen and oxygen atoms in total. The van der Waals surface area contributed by atoms with Gasteiger partial charge in [0.05, 0.1) is 22.0 Å². The Bertz CT molecular complexity index is 687. The highest BCUT2D eigenvalue weighted by Gasteiger charge is 2.13. The monoisotopic (exact) mass is 273 g/mol. The Morgan fingerprint density at radius 3 is 3.11 bits per heavy atom. The standard InChI is InChI=1S/C13H15N5S/c1-18-4-2-10(17-18)7-12(16-14)9-6-13-11(15-8-9)3-5-19-13/h2-6,8,12,16H,7,14H2,1H3. The maximum absolute atomic E-state index is 5.67. The van der Waals surface area contributed by atoms with E-state index in [1.54, 1.807) is 16.0 Å². The van der Waals surface area contributed by atoms with E-state index in [1.807, 2.05) is 37.0 Å². The van der Waals surface area contributed by atoms with E-state index in [2.05, 4.69) is 21.6 Å². The minimum absolute atomic E-state index is 0.0221. The number of nitrogens with zero attached hydrogens (tertiary/aromatic N) is 3. The number of aromatic nitrogens is 3. The van der Waals surface area contributed by atoms with Crippen LogP contribution in [0, 0.1) is 0 Å². The van der Waals surface area contributed by atoms with Gasteiger partial charge in [0.15, 0.2) is 0 Å². The van der Waals surface area contributed by atoms with Crippen LogP contribution < -0.4 is 11.3 Å². The van der Waals surface area contributed by atoms with Gasteiger partial charge in [-0.3, -0.25) is 20.9 Å². The summed E-state index contributed by atoms with van der Waals surface area (Å²) >= 11 is 1.69. The van der Waals surface area contributed by atoms with Crippen molar-refractivity contribution in [2.75, 3.05) is 0 Å². The Kier molecular flexibility index (Phi) is 3.29. The number of rotatable bonds is 4. The second kappa shape index (κ2) is 5.08. The molecular weight excluding hydrogens is 258 g/mol. The second-order valence-corrected chi connectivity index (χ2v) is 5.42. The molecule has 1 atom stereocenters. The Hall–Kier alpha value is -1.76. The Balaban J connectivity index is 1.88. The quantitative estimate of drug-likeness (QED) is 0.561. The van der Waals surface area contributed by atoms with Crippen LogP contribution in [0.3, 0.4) is 0 Å². The van der Waals surface area contributed by atoms with Gasteiger partial charge < -0.3 is 0 Å². The molecule has 0 aliphatic carbocycles. The van der Waals surface area contributed by atoms with Gasteiger partial charge >= 0.3 is 0 Å². The molecule has 0 bridgehead atoms. The zero-order valence-corrected chi connectivity index (χ0v) is 11.4. The predicted molar refractivity (Wildman–Crippen MR) is 76.6 cm³/mol. The maximum atomic E-state index is 5.67. The lowest BCUT2D eigenvalue weighted by Crippen LogP contribution is -2.29. The number of nitrogens with one attached hydrogen (secondary N) is 1. The lowest BCUT2D eigenvalue weighted by atomic mass is 10.0. The van der Waals surface area contributed by atoms with Crippen molar-refractivity contribution in [3.63, 3.8) is 0 Å². The number of hydrogen-bond acceptors (Lipinski definition) is 5. The van der Waals surface area contributed by atoms with Gasteiger partial charge in [-0.2, -0.15) is 5.10 Å². The fourth-order valence-corrected chi connectivity index (χ4v) is 2.90. The third-order valence-electron chi connectivity index (χ3n) is 3.11. The molecule has 19 heavy (non-hydrogen) atoms. The molecule has 3 N–H and O–H groups in total. The molecule has 3 heterocycles.